The van der Waals surface area contributed by atoms with E-state index in [-0.39, 0.29) is 29.2 Å². The topological polar surface area (TPSA) is 134 Å². The molecule has 4 amide bonds. The Labute approximate surface area is 177 Å². The number of aromatic nitrogens is 1. The fourth-order valence-corrected chi connectivity index (χ4v) is 4.55. The average Bonchev–Trinajstić information content (AvgIpc) is 3.22. The molecular formula is C20H23N5O4S. The zero-order valence-electron chi connectivity index (χ0n) is 16.7. The van der Waals surface area contributed by atoms with E-state index in [1.54, 1.807) is 13.1 Å². The van der Waals surface area contributed by atoms with Gasteiger partial charge in [0.1, 0.15) is 5.82 Å². The summed E-state index contributed by atoms with van der Waals surface area (Å²) in [6.45, 7) is 2.43. The maximum Gasteiger partial charge on any atom is 0.315 e. The highest BCUT2D eigenvalue weighted by Gasteiger charge is 2.35. The van der Waals surface area contributed by atoms with Gasteiger partial charge in [0.2, 0.25) is 0 Å². The summed E-state index contributed by atoms with van der Waals surface area (Å²) in [6.07, 6.45) is 2.98. The molecule has 0 aromatic carbocycles. The van der Waals surface area contributed by atoms with Gasteiger partial charge >= 0.3 is 11.8 Å². The lowest BCUT2D eigenvalue weighted by Crippen LogP contribution is -2.46. The Morgan fingerprint density at radius 3 is 2.67 bits per heavy atom. The number of pyridine rings is 1. The van der Waals surface area contributed by atoms with E-state index in [4.69, 9.17) is 5.73 Å². The van der Waals surface area contributed by atoms with Crippen LogP contribution in [0.5, 0.6) is 0 Å². The van der Waals surface area contributed by atoms with Gasteiger partial charge in [-0.15, -0.1) is 11.3 Å². The number of piperidine rings is 1. The Balaban J connectivity index is 1.82. The molecule has 1 aliphatic rings. The van der Waals surface area contributed by atoms with Gasteiger partial charge in [-0.3, -0.25) is 19.2 Å². The molecule has 0 spiro atoms. The second-order valence-electron chi connectivity index (χ2n) is 7.15. The third kappa shape index (κ3) is 4.48. The van der Waals surface area contributed by atoms with Crippen LogP contribution < -0.4 is 16.4 Å². The van der Waals surface area contributed by atoms with E-state index in [1.165, 1.54) is 34.6 Å². The molecule has 30 heavy (non-hydrogen) atoms. The summed E-state index contributed by atoms with van der Waals surface area (Å²) < 4.78 is 0. The number of hydrogen-bond donors (Lipinski definition) is 3. The van der Waals surface area contributed by atoms with Gasteiger partial charge in [0.05, 0.1) is 16.5 Å². The van der Waals surface area contributed by atoms with E-state index in [9.17, 15) is 19.2 Å². The number of primary amides is 1. The smallest absolute Gasteiger partial charge is 0.315 e. The molecule has 10 heteroatoms. The Kier molecular flexibility index (Phi) is 6.46. The lowest BCUT2D eigenvalue weighted by molar-refractivity contribution is -0.146. The predicted octanol–water partition coefficient (Wildman–Crippen LogP) is 1.54. The van der Waals surface area contributed by atoms with Crippen molar-refractivity contribution < 1.29 is 19.2 Å². The van der Waals surface area contributed by atoms with Crippen molar-refractivity contribution in [3.63, 3.8) is 0 Å². The van der Waals surface area contributed by atoms with Crippen LogP contribution in [0.25, 0.3) is 0 Å². The standard InChI is InChI=1S/C20H23N5O4S/c1-11-5-6-13(14-7-8-15(30-14)18(27)22-2)25(10-11)20(29)19(28)24-17-12(16(21)26)4-3-9-23-17/h3-4,7-9,11,13H,5-6,10H2,1-2H3,(H2,21,26)(H,22,27)(H,23,24,28)/t11-,13+/m1/s1. The molecule has 2 aromatic rings. The van der Waals surface area contributed by atoms with Crippen LogP contribution >= 0.6 is 11.3 Å². The molecule has 0 radical (unpaired) electrons. The van der Waals surface area contributed by atoms with Crippen LogP contribution in [0.4, 0.5) is 5.82 Å². The van der Waals surface area contributed by atoms with Gasteiger partial charge in [-0.05, 0) is 43.0 Å². The molecule has 1 saturated heterocycles. The monoisotopic (exact) mass is 429 g/mol. The number of carbonyl (C=O) groups is 4. The number of thiophene rings is 1. The first-order chi connectivity index (χ1) is 14.3. The van der Waals surface area contributed by atoms with Crippen molar-refractivity contribution in [3.05, 3.63) is 45.8 Å². The van der Waals surface area contributed by atoms with E-state index in [0.717, 1.165) is 11.3 Å². The van der Waals surface area contributed by atoms with Crippen molar-refractivity contribution in [1.29, 1.82) is 0 Å². The van der Waals surface area contributed by atoms with E-state index >= 15 is 0 Å². The molecule has 3 rings (SSSR count). The van der Waals surface area contributed by atoms with Gasteiger partial charge in [0, 0.05) is 24.7 Å². The van der Waals surface area contributed by atoms with Crippen molar-refractivity contribution in [2.45, 2.75) is 25.8 Å². The summed E-state index contributed by atoms with van der Waals surface area (Å²) in [5, 5.41) is 4.99. The minimum Gasteiger partial charge on any atom is -0.365 e. The Bertz CT molecular complexity index is 989. The Morgan fingerprint density at radius 1 is 1.20 bits per heavy atom. The van der Waals surface area contributed by atoms with Gasteiger partial charge in [-0.2, -0.15) is 0 Å². The number of amides is 4. The first-order valence-electron chi connectivity index (χ1n) is 9.50. The summed E-state index contributed by atoms with van der Waals surface area (Å²) >= 11 is 1.31. The summed E-state index contributed by atoms with van der Waals surface area (Å²) in [6, 6.07) is 6.17. The number of anilines is 1. The maximum atomic E-state index is 13.0. The highest BCUT2D eigenvalue weighted by Crippen LogP contribution is 2.37. The summed E-state index contributed by atoms with van der Waals surface area (Å²) in [5.74, 6) is -2.38. The van der Waals surface area contributed by atoms with Crippen LogP contribution in [-0.2, 0) is 9.59 Å². The molecule has 3 heterocycles. The van der Waals surface area contributed by atoms with Gasteiger partial charge in [-0.1, -0.05) is 6.92 Å². The first-order valence-corrected chi connectivity index (χ1v) is 10.3. The molecule has 1 aliphatic heterocycles. The highest BCUT2D eigenvalue weighted by molar-refractivity contribution is 7.14. The summed E-state index contributed by atoms with van der Waals surface area (Å²) in [5.41, 5.74) is 5.33. The minimum atomic E-state index is -0.890. The molecule has 0 bridgehead atoms. The first kappa shape index (κ1) is 21.4. The maximum absolute atomic E-state index is 13.0. The Hall–Kier alpha value is -3.27. The van der Waals surface area contributed by atoms with Crippen molar-refractivity contribution in [1.82, 2.24) is 15.2 Å². The molecule has 4 N–H and O–H groups in total. The Morgan fingerprint density at radius 2 is 1.97 bits per heavy atom. The normalized spacial score (nSPS) is 18.5. The van der Waals surface area contributed by atoms with Gasteiger partial charge in [0.15, 0.2) is 0 Å². The van der Waals surface area contributed by atoms with E-state index < -0.39 is 17.7 Å². The molecule has 2 atom stereocenters. The summed E-state index contributed by atoms with van der Waals surface area (Å²) in [4.78, 5) is 56.0. The third-order valence-electron chi connectivity index (χ3n) is 4.98. The second kappa shape index (κ2) is 9.04. The fraction of sp³-hybridized carbons (Fsp3) is 0.350. The molecule has 0 unspecified atom stereocenters. The second-order valence-corrected chi connectivity index (χ2v) is 8.27. The van der Waals surface area contributed by atoms with Crippen LogP contribution in [0.2, 0.25) is 0 Å². The zero-order chi connectivity index (χ0) is 21.8. The zero-order valence-corrected chi connectivity index (χ0v) is 17.5. The third-order valence-corrected chi connectivity index (χ3v) is 6.17. The molecule has 0 saturated carbocycles. The van der Waals surface area contributed by atoms with Crippen LogP contribution in [-0.4, -0.2) is 47.1 Å². The van der Waals surface area contributed by atoms with Gasteiger partial charge < -0.3 is 21.3 Å². The van der Waals surface area contributed by atoms with E-state index in [2.05, 4.69) is 15.6 Å². The van der Waals surface area contributed by atoms with E-state index in [1.807, 2.05) is 13.0 Å². The van der Waals surface area contributed by atoms with Crippen molar-refractivity contribution in [2.75, 3.05) is 18.9 Å². The number of nitrogens with zero attached hydrogens (tertiary/aromatic N) is 2. The fourth-order valence-electron chi connectivity index (χ4n) is 3.45. The molecule has 1 fully saturated rings. The number of likely N-dealkylation sites (tertiary alicyclic amines) is 1. The van der Waals surface area contributed by atoms with E-state index in [0.29, 0.717) is 17.8 Å². The van der Waals surface area contributed by atoms with Crippen LogP contribution in [0.1, 0.15) is 50.7 Å². The predicted molar refractivity (Wildman–Crippen MR) is 112 cm³/mol. The molecular weight excluding hydrogens is 406 g/mol. The summed E-state index contributed by atoms with van der Waals surface area (Å²) in [7, 11) is 1.56. The molecule has 2 aromatic heterocycles. The number of rotatable bonds is 4. The van der Waals surface area contributed by atoms with Crippen LogP contribution in [0, 0.1) is 5.92 Å². The molecule has 158 valence electrons. The van der Waals surface area contributed by atoms with Crippen LogP contribution in [0.3, 0.4) is 0 Å². The SMILES string of the molecule is CNC(=O)c1ccc([C@@H]2CC[C@@H](C)CN2C(=O)C(=O)Nc2ncccc2C(N)=O)s1. The van der Waals surface area contributed by atoms with Crippen molar-refractivity contribution in [2.24, 2.45) is 11.7 Å². The largest absolute Gasteiger partial charge is 0.365 e. The number of hydrogen-bond acceptors (Lipinski definition) is 6. The van der Waals surface area contributed by atoms with Crippen molar-refractivity contribution in [3.8, 4) is 0 Å². The van der Waals surface area contributed by atoms with Gasteiger partial charge in [0.25, 0.3) is 11.8 Å². The quantitative estimate of drug-likeness (QED) is 0.634. The lowest BCUT2D eigenvalue weighted by Gasteiger charge is -2.37. The molecule has 9 nitrogen and oxygen atoms in total. The number of nitrogens with one attached hydrogen (secondary N) is 2. The van der Waals surface area contributed by atoms with Crippen molar-refractivity contribution >= 4 is 40.8 Å². The average molecular weight is 430 g/mol. The lowest BCUT2D eigenvalue weighted by atomic mass is 9.93. The van der Waals surface area contributed by atoms with Gasteiger partial charge in [-0.25, -0.2) is 4.98 Å². The van der Waals surface area contributed by atoms with Crippen LogP contribution in [0.15, 0.2) is 30.5 Å². The number of carbonyl (C=O) groups excluding carboxylic acids is 4. The highest BCUT2D eigenvalue weighted by atomic mass is 32.1. The molecule has 0 aliphatic carbocycles. The number of nitrogens with two attached hydrogens (primary N) is 1. The minimum absolute atomic E-state index is 0.0238.